The van der Waals surface area contributed by atoms with E-state index in [1.807, 2.05) is 6.92 Å². The van der Waals surface area contributed by atoms with Crippen molar-refractivity contribution in [3.8, 4) is 0 Å². The lowest BCUT2D eigenvalue weighted by atomic mass is 9.92. The van der Waals surface area contributed by atoms with Crippen LogP contribution in [0.15, 0.2) is 47.4 Å². The van der Waals surface area contributed by atoms with E-state index in [0.29, 0.717) is 55.4 Å². The molecule has 3 aliphatic rings. The van der Waals surface area contributed by atoms with Crippen LogP contribution in [0.4, 0.5) is 32.0 Å². The van der Waals surface area contributed by atoms with Crippen LogP contribution < -0.4 is 4.90 Å². The summed E-state index contributed by atoms with van der Waals surface area (Å²) in [4.78, 5) is 4.21. The second-order valence-electron chi connectivity index (χ2n) is 9.97. The molecule has 1 aromatic rings. The van der Waals surface area contributed by atoms with Crippen molar-refractivity contribution in [2.75, 3.05) is 50.8 Å². The third-order valence-electron chi connectivity index (χ3n) is 7.41. The minimum absolute atomic E-state index is 0.0114. The molecule has 0 spiro atoms. The van der Waals surface area contributed by atoms with Crippen molar-refractivity contribution in [2.45, 2.75) is 43.4 Å². The zero-order chi connectivity index (χ0) is 29.5. The zero-order valence-corrected chi connectivity index (χ0v) is 23.1. The molecule has 0 bridgehead atoms. The van der Waals surface area contributed by atoms with Crippen molar-refractivity contribution in [1.82, 2.24) is 9.21 Å². The van der Waals surface area contributed by atoms with Gasteiger partial charge in [0.2, 0.25) is 10.0 Å². The molecule has 2 saturated heterocycles. The summed E-state index contributed by atoms with van der Waals surface area (Å²) in [5, 5.41) is 9.75. The van der Waals surface area contributed by atoms with Crippen LogP contribution in [0.25, 0.3) is 0 Å². The highest BCUT2D eigenvalue weighted by Gasteiger charge is 2.71. The number of rotatable bonds is 6. The average Bonchev–Trinajstić information content (AvgIpc) is 2.88. The fourth-order valence-corrected chi connectivity index (χ4v) is 7.19. The molecule has 0 aromatic heterocycles. The summed E-state index contributed by atoms with van der Waals surface area (Å²) in [7, 11) is -3.94. The molecular weight excluding hydrogens is 584 g/mol. The third-order valence-corrected chi connectivity index (χ3v) is 9.88. The topological polar surface area (TPSA) is 73.3 Å². The van der Waals surface area contributed by atoms with Crippen LogP contribution in [0.3, 0.4) is 0 Å². The number of sulfonamides is 1. The van der Waals surface area contributed by atoms with Gasteiger partial charge in [-0.1, -0.05) is 36.5 Å². The first-order valence-electron chi connectivity index (χ1n) is 12.5. The van der Waals surface area contributed by atoms with Gasteiger partial charge in [-0.05, 0) is 25.1 Å². The van der Waals surface area contributed by atoms with E-state index in [-0.39, 0.29) is 30.6 Å². The Bertz CT molecular complexity index is 1250. The molecule has 1 N–H and O–H groups in total. The summed E-state index contributed by atoms with van der Waals surface area (Å²) in [6.07, 6.45) is -6.84. The van der Waals surface area contributed by atoms with Crippen LogP contribution in [0.2, 0.25) is 0 Å². The van der Waals surface area contributed by atoms with Crippen LogP contribution in [0.1, 0.15) is 18.9 Å². The maximum absolute atomic E-state index is 13.5. The maximum atomic E-state index is 13.5. The van der Waals surface area contributed by atoms with E-state index >= 15 is 0 Å². The van der Waals surface area contributed by atoms with Crippen LogP contribution in [-0.2, 0) is 20.4 Å². The number of halogens is 6. The maximum Gasteiger partial charge on any atom is 0.430 e. The zero-order valence-electron chi connectivity index (χ0n) is 21.5. The molecule has 2 heterocycles. The number of allylic oxidation sites excluding steroid dienone is 4. The number of alkyl halides is 6. The SMILES string of the molecule is C[C@H]1COCCN1C[C@H]1CN(S(=O)(=O)C2=CC=CCC2=S)CCN1c1ccc(C(O)(C(F)(F)F)C(F)(F)F)cc1. The van der Waals surface area contributed by atoms with Gasteiger partial charge < -0.3 is 14.7 Å². The Labute approximate surface area is 233 Å². The van der Waals surface area contributed by atoms with Gasteiger partial charge in [-0.25, -0.2) is 8.42 Å². The van der Waals surface area contributed by atoms with Crippen LogP contribution in [0, 0.1) is 0 Å². The molecule has 40 heavy (non-hydrogen) atoms. The van der Waals surface area contributed by atoms with Gasteiger partial charge in [0.05, 0.1) is 24.2 Å². The quantitative estimate of drug-likeness (QED) is 0.387. The Morgan fingerprint density at radius 2 is 1.70 bits per heavy atom. The van der Waals surface area contributed by atoms with E-state index in [0.717, 1.165) is 12.1 Å². The molecule has 1 aliphatic carbocycles. The average molecular weight is 614 g/mol. The largest absolute Gasteiger partial charge is 0.430 e. The Balaban J connectivity index is 1.65. The first kappa shape index (κ1) is 30.9. The van der Waals surface area contributed by atoms with Crippen molar-refractivity contribution in [2.24, 2.45) is 0 Å². The van der Waals surface area contributed by atoms with E-state index in [4.69, 9.17) is 17.0 Å². The van der Waals surface area contributed by atoms with Gasteiger partial charge in [-0.3, -0.25) is 4.90 Å². The highest BCUT2D eigenvalue weighted by Crippen LogP contribution is 2.50. The summed E-state index contributed by atoms with van der Waals surface area (Å²) in [6.45, 7) is 3.99. The van der Waals surface area contributed by atoms with Crippen LogP contribution >= 0.6 is 12.2 Å². The molecule has 0 unspecified atom stereocenters. The molecule has 0 amide bonds. The number of benzene rings is 1. The summed E-state index contributed by atoms with van der Waals surface area (Å²) in [5.74, 6) is 0. The summed E-state index contributed by atoms with van der Waals surface area (Å²) >= 11 is 5.28. The summed E-state index contributed by atoms with van der Waals surface area (Å²) in [6, 6.07) is 2.89. The normalized spacial score (nSPS) is 24.4. The van der Waals surface area contributed by atoms with Gasteiger partial charge in [0.1, 0.15) is 0 Å². The second kappa shape index (κ2) is 11.3. The molecule has 0 radical (unpaired) electrons. The van der Waals surface area contributed by atoms with Gasteiger partial charge in [0.25, 0.3) is 5.60 Å². The highest BCUT2D eigenvalue weighted by molar-refractivity contribution is 7.96. The van der Waals surface area contributed by atoms with Crippen molar-refractivity contribution in [3.05, 3.63) is 53.0 Å². The second-order valence-corrected chi connectivity index (χ2v) is 12.4. The van der Waals surface area contributed by atoms with Gasteiger partial charge in [0, 0.05) is 61.3 Å². The number of morpholine rings is 1. The lowest BCUT2D eigenvalue weighted by Crippen LogP contribution is -2.60. The van der Waals surface area contributed by atoms with Gasteiger partial charge in [0.15, 0.2) is 0 Å². The molecule has 15 heteroatoms. The summed E-state index contributed by atoms with van der Waals surface area (Å²) < 4.78 is 114. The predicted molar refractivity (Wildman–Crippen MR) is 140 cm³/mol. The Kier molecular flexibility index (Phi) is 8.75. The van der Waals surface area contributed by atoms with Gasteiger partial charge in [-0.15, -0.1) is 0 Å². The lowest BCUT2D eigenvalue weighted by molar-refractivity contribution is -0.376. The number of piperazine rings is 1. The molecule has 2 fully saturated rings. The molecule has 7 nitrogen and oxygen atoms in total. The van der Waals surface area contributed by atoms with E-state index < -0.39 is 39.6 Å². The van der Waals surface area contributed by atoms with Gasteiger partial charge >= 0.3 is 12.4 Å². The molecule has 2 aliphatic heterocycles. The minimum atomic E-state index is -5.99. The minimum Gasteiger partial charge on any atom is -0.379 e. The lowest BCUT2D eigenvalue weighted by Gasteiger charge is -2.46. The number of nitrogens with zero attached hydrogens (tertiary/aromatic N) is 3. The van der Waals surface area contributed by atoms with E-state index in [1.165, 1.54) is 10.4 Å². The van der Waals surface area contributed by atoms with E-state index in [2.05, 4.69) is 4.90 Å². The standard InChI is InChI=1S/C25H29F6N3O4S2/c1-17-16-38-13-12-32(17)14-20-15-33(40(36,37)22-5-3-2-4-21(22)39)10-11-34(20)19-8-6-18(7-9-19)23(35,24(26,27)28)25(29,30)31/h2-3,5-9,17,20,35H,4,10-16H2,1H3/t17-,20-/m0/s1. The molecule has 0 saturated carbocycles. The number of ether oxygens (including phenoxy) is 1. The van der Waals surface area contributed by atoms with Crippen LogP contribution in [-0.4, -0.2) is 98.0 Å². The molecule has 222 valence electrons. The number of hydrogen-bond acceptors (Lipinski definition) is 7. The third kappa shape index (κ3) is 5.81. The van der Waals surface area contributed by atoms with Gasteiger partial charge in [-0.2, -0.15) is 30.6 Å². The van der Waals surface area contributed by atoms with Crippen molar-refractivity contribution < 1.29 is 44.6 Å². The Hall–Kier alpha value is -2.04. The smallest absolute Gasteiger partial charge is 0.379 e. The molecular formula is C25H29F6N3O4S2. The fraction of sp³-hybridized carbons (Fsp3) is 0.560. The number of aliphatic hydroxyl groups is 1. The van der Waals surface area contributed by atoms with Crippen molar-refractivity contribution >= 4 is 32.8 Å². The van der Waals surface area contributed by atoms with E-state index in [1.54, 1.807) is 17.1 Å². The highest BCUT2D eigenvalue weighted by atomic mass is 32.2. The van der Waals surface area contributed by atoms with Crippen molar-refractivity contribution in [1.29, 1.82) is 0 Å². The number of thiocarbonyl (C=S) groups is 1. The Morgan fingerprint density at radius 1 is 1.05 bits per heavy atom. The molecule has 2 atom stereocenters. The number of hydrogen-bond donors (Lipinski definition) is 1. The molecule has 4 rings (SSSR count). The van der Waals surface area contributed by atoms with Crippen LogP contribution in [0.5, 0.6) is 0 Å². The van der Waals surface area contributed by atoms with Crippen molar-refractivity contribution in [3.63, 3.8) is 0 Å². The van der Waals surface area contributed by atoms with E-state index in [9.17, 15) is 39.9 Å². The predicted octanol–water partition coefficient (Wildman–Crippen LogP) is 3.75. The monoisotopic (exact) mass is 613 g/mol. The number of anilines is 1. The summed E-state index contributed by atoms with van der Waals surface area (Å²) in [5.41, 5.74) is -6.09. The Morgan fingerprint density at radius 3 is 2.27 bits per heavy atom. The molecule has 1 aromatic carbocycles. The fourth-order valence-electron chi connectivity index (χ4n) is 5.12. The first-order valence-corrected chi connectivity index (χ1v) is 14.4. The first-order chi connectivity index (χ1) is 18.6.